The van der Waals surface area contributed by atoms with E-state index in [0.717, 1.165) is 10.0 Å². The molecule has 0 amide bonds. The minimum atomic E-state index is -4.24. The maximum atomic E-state index is 11.8. The fourth-order valence-electron chi connectivity index (χ4n) is 1.57. The lowest BCUT2D eigenvalue weighted by Gasteiger charge is -2.14. The van der Waals surface area contributed by atoms with Gasteiger partial charge in [0, 0.05) is 17.1 Å². The van der Waals surface area contributed by atoms with Crippen molar-refractivity contribution in [3.05, 3.63) is 34.3 Å². The average molecular weight is 340 g/mol. The van der Waals surface area contributed by atoms with Crippen LogP contribution in [0.1, 0.15) is 24.9 Å². The first-order valence-corrected chi connectivity index (χ1v) is 6.81. The van der Waals surface area contributed by atoms with Gasteiger partial charge < -0.3 is 10.1 Å². The Kier molecular flexibility index (Phi) is 6.82. The molecule has 0 heterocycles. The van der Waals surface area contributed by atoms with E-state index in [2.05, 4.69) is 26.0 Å². The first-order chi connectivity index (χ1) is 8.88. The topological polar surface area (TPSA) is 21.3 Å². The van der Waals surface area contributed by atoms with Crippen LogP contribution >= 0.6 is 15.9 Å². The van der Waals surface area contributed by atoms with E-state index in [9.17, 15) is 13.2 Å². The summed E-state index contributed by atoms with van der Waals surface area (Å²) in [4.78, 5) is 0. The Balaban J connectivity index is 2.16. The summed E-state index contributed by atoms with van der Waals surface area (Å²) in [6, 6.07) is 8.06. The first kappa shape index (κ1) is 16.5. The quantitative estimate of drug-likeness (QED) is 0.756. The van der Waals surface area contributed by atoms with Crippen LogP contribution in [0.25, 0.3) is 0 Å². The number of hydrogen-bond donors (Lipinski definition) is 1. The van der Waals surface area contributed by atoms with Crippen LogP contribution in [-0.4, -0.2) is 25.9 Å². The lowest BCUT2D eigenvalue weighted by Crippen LogP contribution is -2.22. The van der Waals surface area contributed by atoms with Crippen molar-refractivity contribution in [2.24, 2.45) is 0 Å². The third kappa shape index (κ3) is 7.54. The zero-order valence-corrected chi connectivity index (χ0v) is 12.2. The van der Waals surface area contributed by atoms with Crippen LogP contribution in [-0.2, 0) is 4.74 Å². The standard InChI is InChI=1S/C13H17BrF3NO/c1-10(11-4-2-5-12(14)8-11)18-6-3-7-19-9-13(15,16)17/h2,4-5,8,10,18H,3,6-7,9H2,1H3/t10-/m1/s1. The van der Waals surface area contributed by atoms with Gasteiger partial charge in [-0.15, -0.1) is 0 Å². The van der Waals surface area contributed by atoms with Gasteiger partial charge in [0.15, 0.2) is 0 Å². The Labute approximate surface area is 119 Å². The molecule has 1 aromatic carbocycles. The fourth-order valence-corrected chi connectivity index (χ4v) is 1.99. The smallest absolute Gasteiger partial charge is 0.372 e. The third-order valence-corrected chi connectivity index (χ3v) is 3.02. The van der Waals surface area contributed by atoms with E-state index < -0.39 is 12.8 Å². The van der Waals surface area contributed by atoms with Crippen molar-refractivity contribution in [1.29, 1.82) is 0 Å². The monoisotopic (exact) mass is 339 g/mol. The van der Waals surface area contributed by atoms with Gasteiger partial charge in [-0.2, -0.15) is 13.2 Å². The van der Waals surface area contributed by atoms with Crippen molar-refractivity contribution in [2.45, 2.75) is 25.6 Å². The average Bonchev–Trinajstić information content (AvgIpc) is 2.32. The molecule has 0 saturated carbocycles. The summed E-state index contributed by atoms with van der Waals surface area (Å²) in [7, 11) is 0. The number of halogens is 4. The van der Waals surface area contributed by atoms with Gasteiger partial charge in [0.25, 0.3) is 0 Å². The Bertz CT molecular complexity index is 384. The molecule has 1 aromatic rings. The molecule has 2 nitrogen and oxygen atoms in total. The summed E-state index contributed by atoms with van der Waals surface area (Å²) in [5.74, 6) is 0. The summed E-state index contributed by atoms with van der Waals surface area (Å²) >= 11 is 3.40. The minimum absolute atomic E-state index is 0.109. The number of ether oxygens (including phenoxy) is 1. The molecule has 1 rings (SSSR count). The zero-order chi connectivity index (χ0) is 14.3. The van der Waals surface area contributed by atoms with Crippen LogP contribution in [0.2, 0.25) is 0 Å². The second kappa shape index (κ2) is 7.87. The van der Waals surface area contributed by atoms with Crippen LogP contribution in [0.15, 0.2) is 28.7 Å². The highest BCUT2D eigenvalue weighted by molar-refractivity contribution is 9.10. The van der Waals surface area contributed by atoms with Crippen LogP contribution in [0.5, 0.6) is 0 Å². The summed E-state index contributed by atoms with van der Waals surface area (Å²) in [5, 5.41) is 3.24. The van der Waals surface area contributed by atoms with Crippen molar-refractivity contribution >= 4 is 15.9 Å². The third-order valence-electron chi connectivity index (χ3n) is 2.53. The fraction of sp³-hybridized carbons (Fsp3) is 0.538. The number of nitrogens with one attached hydrogen (secondary N) is 1. The summed E-state index contributed by atoms with van der Waals surface area (Å²) in [6.45, 7) is 1.57. The molecule has 0 aliphatic carbocycles. The van der Waals surface area contributed by atoms with Gasteiger partial charge in [-0.1, -0.05) is 28.1 Å². The highest BCUT2D eigenvalue weighted by Crippen LogP contribution is 2.17. The predicted octanol–water partition coefficient (Wildman–Crippen LogP) is 4.07. The number of alkyl halides is 3. The minimum Gasteiger partial charge on any atom is -0.372 e. The second-order valence-corrected chi connectivity index (χ2v) is 5.17. The second-order valence-electron chi connectivity index (χ2n) is 4.25. The van der Waals surface area contributed by atoms with E-state index in [4.69, 9.17) is 0 Å². The van der Waals surface area contributed by atoms with Gasteiger partial charge in [0.1, 0.15) is 6.61 Å². The van der Waals surface area contributed by atoms with Crippen molar-refractivity contribution in [1.82, 2.24) is 5.32 Å². The van der Waals surface area contributed by atoms with Crippen LogP contribution in [0.4, 0.5) is 13.2 Å². The van der Waals surface area contributed by atoms with E-state index >= 15 is 0 Å². The van der Waals surface area contributed by atoms with E-state index in [1.807, 2.05) is 31.2 Å². The van der Waals surface area contributed by atoms with Crippen LogP contribution < -0.4 is 5.32 Å². The van der Waals surface area contributed by atoms with E-state index in [0.29, 0.717) is 13.0 Å². The lowest BCUT2D eigenvalue weighted by molar-refractivity contribution is -0.173. The van der Waals surface area contributed by atoms with Gasteiger partial charge >= 0.3 is 6.18 Å². The molecule has 0 bridgehead atoms. The maximum Gasteiger partial charge on any atom is 0.411 e. The molecule has 0 fully saturated rings. The molecule has 0 spiro atoms. The lowest BCUT2D eigenvalue weighted by atomic mass is 10.1. The van der Waals surface area contributed by atoms with Gasteiger partial charge in [-0.3, -0.25) is 0 Å². The summed E-state index contributed by atoms with van der Waals surface area (Å²) < 4.78 is 41.0. The molecular formula is C13H17BrF3NO. The predicted molar refractivity (Wildman–Crippen MR) is 72.1 cm³/mol. The molecule has 0 aliphatic rings. The van der Waals surface area contributed by atoms with Crippen LogP contribution in [0, 0.1) is 0 Å². The Hall–Kier alpha value is -0.590. The van der Waals surface area contributed by atoms with Crippen molar-refractivity contribution < 1.29 is 17.9 Å². The summed E-state index contributed by atoms with van der Waals surface area (Å²) in [5.41, 5.74) is 1.13. The molecule has 0 unspecified atom stereocenters. The summed E-state index contributed by atoms with van der Waals surface area (Å²) in [6.07, 6.45) is -3.69. The van der Waals surface area contributed by atoms with Crippen molar-refractivity contribution in [2.75, 3.05) is 19.8 Å². The zero-order valence-electron chi connectivity index (χ0n) is 10.6. The van der Waals surface area contributed by atoms with Gasteiger partial charge in [0.05, 0.1) is 0 Å². The molecule has 0 radical (unpaired) electrons. The molecule has 1 atom stereocenters. The van der Waals surface area contributed by atoms with Crippen molar-refractivity contribution in [3.63, 3.8) is 0 Å². The van der Waals surface area contributed by atoms with Crippen LogP contribution in [0.3, 0.4) is 0 Å². The van der Waals surface area contributed by atoms with Crippen molar-refractivity contribution in [3.8, 4) is 0 Å². The molecule has 108 valence electrons. The molecule has 6 heteroatoms. The largest absolute Gasteiger partial charge is 0.411 e. The van der Waals surface area contributed by atoms with Gasteiger partial charge in [-0.25, -0.2) is 0 Å². The number of rotatable bonds is 7. The molecule has 0 aromatic heterocycles. The highest BCUT2D eigenvalue weighted by atomic mass is 79.9. The van der Waals surface area contributed by atoms with E-state index in [1.54, 1.807) is 0 Å². The Morgan fingerprint density at radius 2 is 2.11 bits per heavy atom. The molecular weight excluding hydrogens is 323 g/mol. The molecule has 19 heavy (non-hydrogen) atoms. The Morgan fingerprint density at radius 1 is 1.37 bits per heavy atom. The molecule has 0 aliphatic heterocycles. The van der Waals surface area contributed by atoms with Gasteiger partial charge in [0.2, 0.25) is 0 Å². The van der Waals surface area contributed by atoms with E-state index in [1.165, 1.54) is 0 Å². The SMILES string of the molecule is C[C@@H](NCCCOCC(F)(F)F)c1cccc(Br)c1. The van der Waals surface area contributed by atoms with E-state index in [-0.39, 0.29) is 12.6 Å². The number of hydrogen-bond acceptors (Lipinski definition) is 2. The number of benzene rings is 1. The maximum absolute atomic E-state index is 11.8. The first-order valence-electron chi connectivity index (χ1n) is 6.02. The van der Waals surface area contributed by atoms with Gasteiger partial charge in [-0.05, 0) is 37.6 Å². The molecule has 1 N–H and O–H groups in total. The molecule has 0 saturated heterocycles. The Morgan fingerprint density at radius 3 is 2.74 bits per heavy atom. The highest BCUT2D eigenvalue weighted by Gasteiger charge is 2.27. The normalized spacial score (nSPS) is 13.5.